The Morgan fingerprint density at radius 2 is 1.45 bits per heavy atom. The number of carbonyl (C=O) groups excluding carboxylic acids is 1. The summed E-state index contributed by atoms with van der Waals surface area (Å²) in [6.07, 6.45) is -6.05. The Hall–Kier alpha value is -6.05. The maximum Gasteiger partial charge on any atom is 0.417 e. The summed E-state index contributed by atoms with van der Waals surface area (Å²) in [6.45, 7) is 8.84. The van der Waals surface area contributed by atoms with Gasteiger partial charge in [-0.05, 0) is 82.0 Å². The van der Waals surface area contributed by atoms with Crippen molar-refractivity contribution in [3.63, 3.8) is 0 Å². The Morgan fingerprint density at radius 3 is 1.94 bits per heavy atom. The minimum absolute atomic E-state index is 0.00216. The summed E-state index contributed by atoms with van der Waals surface area (Å²) in [5, 5.41) is -1.20. The summed E-state index contributed by atoms with van der Waals surface area (Å²) in [4.78, 5) is 30.4. The van der Waals surface area contributed by atoms with E-state index in [1.165, 1.54) is 24.0 Å². The molecule has 0 radical (unpaired) electrons. The van der Waals surface area contributed by atoms with Gasteiger partial charge in [0.05, 0.1) is 37.4 Å². The molecular weight excluding hydrogens is 883 g/mol. The summed E-state index contributed by atoms with van der Waals surface area (Å²) >= 11 is 0. The molecule has 3 aromatic carbocycles. The second kappa shape index (κ2) is 17.4. The fourth-order valence-corrected chi connectivity index (χ4v) is 9.00. The molecule has 3 atom stereocenters. The lowest BCUT2D eigenvalue weighted by molar-refractivity contribution is -0.137. The van der Waals surface area contributed by atoms with E-state index in [4.69, 9.17) is 18.9 Å². The van der Waals surface area contributed by atoms with E-state index < -0.39 is 108 Å². The van der Waals surface area contributed by atoms with Crippen molar-refractivity contribution < 1.29 is 58.5 Å². The number of anilines is 2. The molecule has 0 aliphatic carbocycles. The molecule has 0 N–H and O–H groups in total. The number of ether oxygens (including phenoxy) is 4. The zero-order chi connectivity index (χ0) is 47.5. The quantitative estimate of drug-likeness (QED) is 0.0977. The third-order valence-electron chi connectivity index (χ3n) is 11.4. The lowest BCUT2D eigenvalue weighted by Gasteiger charge is -2.48. The minimum atomic E-state index is -5.49. The number of nitrogens with zero attached hydrogens (tertiary/aromatic N) is 6. The number of benzene rings is 3. The number of aromatic nitrogens is 3. The van der Waals surface area contributed by atoms with Crippen molar-refractivity contribution in [1.82, 2.24) is 19.9 Å². The molecule has 1 saturated heterocycles. The van der Waals surface area contributed by atoms with E-state index in [9.17, 15) is 13.2 Å². The number of halogens is 6. The van der Waals surface area contributed by atoms with Crippen LogP contribution in [0.25, 0.3) is 22.2 Å². The SMILES string of the molecule is CC[C@H]1[C@H]2[C@H](C)Oc3nc(-c4c(F)c(N(Cc5ccc(OC)cc5)Cc5ccc(OC)cc5)c(F)c(C)c4C(F)(F)F)c(F)c4nc(S(C)(=O)=O)nc(c34)N2CCN1C(=O)OC(C)(C)C. The van der Waals surface area contributed by atoms with Crippen molar-refractivity contribution in [2.75, 3.05) is 43.4 Å². The van der Waals surface area contributed by atoms with E-state index in [2.05, 4.69) is 15.0 Å². The number of rotatable bonds is 10. The van der Waals surface area contributed by atoms with Crippen LogP contribution in [0.15, 0.2) is 53.7 Å². The Bertz CT molecular complexity index is 2700. The largest absolute Gasteiger partial charge is 0.497 e. The maximum atomic E-state index is 17.7. The first-order valence-electron chi connectivity index (χ1n) is 20.6. The molecular formula is C45H48F6N6O7S. The van der Waals surface area contributed by atoms with Gasteiger partial charge in [0.2, 0.25) is 20.9 Å². The molecule has 7 rings (SSSR count). The molecule has 0 unspecified atom stereocenters. The van der Waals surface area contributed by atoms with Gasteiger partial charge in [0.1, 0.15) is 51.3 Å². The molecule has 13 nitrogen and oxygen atoms in total. The van der Waals surface area contributed by atoms with Crippen molar-refractivity contribution in [2.45, 2.75) is 96.2 Å². The van der Waals surface area contributed by atoms with E-state index in [1.54, 1.807) is 88.0 Å². The molecule has 2 aliphatic rings. The van der Waals surface area contributed by atoms with Crippen molar-refractivity contribution >= 4 is 38.3 Å². The molecule has 2 aromatic heterocycles. The fraction of sp³-hybridized carbons (Fsp3) is 0.422. The highest BCUT2D eigenvalue weighted by atomic mass is 32.2. The average Bonchev–Trinajstić information content (AvgIpc) is 3.35. The zero-order valence-electron chi connectivity index (χ0n) is 37.1. The third-order valence-corrected chi connectivity index (χ3v) is 12.2. The van der Waals surface area contributed by atoms with Crippen molar-refractivity contribution in [3.05, 3.63) is 88.2 Å². The van der Waals surface area contributed by atoms with Crippen LogP contribution in [0.2, 0.25) is 0 Å². The Balaban J connectivity index is 1.49. The van der Waals surface area contributed by atoms with E-state index in [0.717, 1.165) is 13.2 Å². The summed E-state index contributed by atoms with van der Waals surface area (Å²) < 4.78 is 147. The molecule has 20 heteroatoms. The van der Waals surface area contributed by atoms with Gasteiger partial charge < -0.3 is 33.6 Å². The Kier molecular flexibility index (Phi) is 12.6. The standard InChI is InChI=1S/C45H48F6N6O7S/c1-10-29-38-24(3)63-41-31-37(53-42(65(9,59)60)54-40(31)57(38)20-19-56(29)43(58)64-44(4,5)6)35(48)36(52-41)30-32(45(49,50)51)23(2)33(46)39(34(30)47)55(21-25-11-15-27(61-7)16-12-25)22-26-13-17-28(62-8)18-14-26/h11-18,24,29,38H,10,19-22H2,1-9H3/t24-,29-,38+/m0/s1. The maximum absolute atomic E-state index is 17.7. The number of fused-ring (bicyclic) bond motifs is 2. The second-order valence-electron chi connectivity index (χ2n) is 17.0. The van der Waals surface area contributed by atoms with Gasteiger partial charge in [-0.2, -0.15) is 13.2 Å². The second-order valence-corrected chi connectivity index (χ2v) is 18.9. The van der Waals surface area contributed by atoms with Gasteiger partial charge in [-0.3, -0.25) is 0 Å². The van der Waals surface area contributed by atoms with E-state index in [-0.39, 0.29) is 37.4 Å². The number of alkyl halides is 3. The van der Waals surface area contributed by atoms with E-state index in [1.807, 2.05) is 0 Å². The first-order valence-corrected chi connectivity index (χ1v) is 22.5. The number of hydrogen-bond donors (Lipinski definition) is 0. The highest BCUT2D eigenvalue weighted by Gasteiger charge is 2.48. The molecule has 2 aliphatic heterocycles. The van der Waals surface area contributed by atoms with Crippen LogP contribution in [0.4, 0.5) is 42.6 Å². The van der Waals surface area contributed by atoms with Crippen LogP contribution in [0, 0.1) is 24.4 Å². The predicted molar refractivity (Wildman–Crippen MR) is 230 cm³/mol. The molecule has 348 valence electrons. The molecule has 1 amide bonds. The van der Waals surface area contributed by atoms with E-state index >= 15 is 26.3 Å². The lowest BCUT2D eigenvalue weighted by atomic mass is 9.94. The predicted octanol–water partition coefficient (Wildman–Crippen LogP) is 9.05. The zero-order valence-corrected chi connectivity index (χ0v) is 37.9. The minimum Gasteiger partial charge on any atom is -0.497 e. The molecule has 0 bridgehead atoms. The monoisotopic (exact) mass is 930 g/mol. The number of sulfone groups is 1. The van der Waals surface area contributed by atoms with Crippen LogP contribution in [0.1, 0.15) is 63.3 Å². The van der Waals surface area contributed by atoms with Crippen LogP contribution in [0.3, 0.4) is 0 Å². The number of methoxy groups -OCH3 is 2. The molecule has 5 aromatic rings. The Labute approximate surface area is 372 Å². The van der Waals surface area contributed by atoms with Gasteiger partial charge in [0.25, 0.3) is 0 Å². The number of amides is 1. The van der Waals surface area contributed by atoms with Gasteiger partial charge in [-0.1, -0.05) is 31.2 Å². The fourth-order valence-electron chi connectivity index (χ4n) is 8.49. The molecule has 0 saturated carbocycles. The summed E-state index contributed by atoms with van der Waals surface area (Å²) in [5.74, 6) is -4.80. The lowest BCUT2D eigenvalue weighted by Crippen LogP contribution is -2.65. The number of pyridine rings is 1. The summed E-state index contributed by atoms with van der Waals surface area (Å²) in [7, 11) is -1.46. The van der Waals surface area contributed by atoms with Crippen molar-refractivity contribution in [2.24, 2.45) is 0 Å². The third kappa shape index (κ3) is 9.00. The highest BCUT2D eigenvalue weighted by Crippen LogP contribution is 2.49. The number of piperazine rings is 1. The molecule has 65 heavy (non-hydrogen) atoms. The van der Waals surface area contributed by atoms with E-state index in [0.29, 0.717) is 29.0 Å². The van der Waals surface area contributed by atoms with Gasteiger partial charge in [0.15, 0.2) is 17.5 Å². The van der Waals surface area contributed by atoms with Crippen LogP contribution < -0.4 is 24.0 Å². The van der Waals surface area contributed by atoms with Crippen LogP contribution in [-0.4, -0.2) is 91.7 Å². The molecule has 0 spiro atoms. The highest BCUT2D eigenvalue weighted by molar-refractivity contribution is 7.90. The van der Waals surface area contributed by atoms with Gasteiger partial charge in [0, 0.05) is 32.4 Å². The van der Waals surface area contributed by atoms with Crippen LogP contribution >= 0.6 is 0 Å². The number of carbonyl (C=O) groups is 1. The first-order chi connectivity index (χ1) is 30.5. The Morgan fingerprint density at radius 1 is 0.877 bits per heavy atom. The van der Waals surface area contributed by atoms with Gasteiger partial charge >= 0.3 is 12.3 Å². The van der Waals surface area contributed by atoms with Crippen LogP contribution in [-0.2, 0) is 33.8 Å². The molecule has 4 heterocycles. The summed E-state index contributed by atoms with van der Waals surface area (Å²) in [5.41, 5.74) is -7.31. The van der Waals surface area contributed by atoms with Crippen molar-refractivity contribution in [3.8, 4) is 28.6 Å². The van der Waals surface area contributed by atoms with Crippen LogP contribution in [0.5, 0.6) is 17.4 Å². The average molecular weight is 931 g/mol. The number of hydrogen-bond acceptors (Lipinski definition) is 12. The molecule has 1 fully saturated rings. The summed E-state index contributed by atoms with van der Waals surface area (Å²) in [6, 6.07) is 11.4. The van der Waals surface area contributed by atoms with Gasteiger partial charge in [-0.25, -0.2) is 41.3 Å². The normalized spacial score (nSPS) is 17.6. The van der Waals surface area contributed by atoms with Gasteiger partial charge in [-0.15, -0.1) is 0 Å². The smallest absolute Gasteiger partial charge is 0.417 e. The topological polar surface area (TPSA) is 137 Å². The van der Waals surface area contributed by atoms with Crippen molar-refractivity contribution in [1.29, 1.82) is 0 Å². The first kappa shape index (κ1) is 46.9.